The van der Waals surface area contributed by atoms with Gasteiger partial charge >= 0.3 is 0 Å². The van der Waals surface area contributed by atoms with Gasteiger partial charge in [-0.25, -0.2) is 4.68 Å². The number of nitrogens with zero attached hydrogens (tertiary/aromatic N) is 3. The Bertz CT molecular complexity index is 1170. The summed E-state index contributed by atoms with van der Waals surface area (Å²) in [6, 6.07) is 25.6. The second-order valence-corrected chi connectivity index (χ2v) is 6.76. The van der Waals surface area contributed by atoms with Crippen molar-refractivity contribution in [3.63, 3.8) is 0 Å². The van der Waals surface area contributed by atoms with E-state index >= 15 is 0 Å². The first-order valence-corrected chi connectivity index (χ1v) is 9.32. The first-order chi connectivity index (χ1) is 14.1. The highest BCUT2D eigenvalue weighted by atomic mass is 16.1. The van der Waals surface area contributed by atoms with Gasteiger partial charge in [0.1, 0.15) is 5.69 Å². The van der Waals surface area contributed by atoms with E-state index in [-0.39, 0.29) is 23.0 Å². The molecular formula is C24H19N3O2. The van der Waals surface area contributed by atoms with Crippen LogP contribution in [0.5, 0.6) is 0 Å². The molecule has 0 unspecified atom stereocenters. The molecule has 5 nitrogen and oxygen atoms in total. The largest absolute Gasteiger partial charge is 0.287 e. The zero-order valence-electron chi connectivity index (χ0n) is 15.9. The molecule has 0 aliphatic carbocycles. The Balaban J connectivity index is 1.82. The molecule has 0 aliphatic rings. The number of benzene rings is 3. The third-order valence-electron chi connectivity index (χ3n) is 4.82. The van der Waals surface area contributed by atoms with E-state index < -0.39 is 0 Å². The first-order valence-electron chi connectivity index (χ1n) is 9.32. The molecule has 1 aromatic heterocycles. The fourth-order valence-corrected chi connectivity index (χ4v) is 3.20. The molecule has 0 aliphatic heterocycles. The third-order valence-corrected chi connectivity index (χ3v) is 4.82. The van der Waals surface area contributed by atoms with Crippen LogP contribution >= 0.6 is 0 Å². The molecule has 4 aromatic rings. The molecule has 0 amide bonds. The number of hydrogen-bond acceptors (Lipinski definition) is 4. The second kappa shape index (κ2) is 8.02. The van der Waals surface area contributed by atoms with E-state index in [1.54, 1.807) is 48.5 Å². The van der Waals surface area contributed by atoms with Gasteiger partial charge in [-0.2, -0.15) is 0 Å². The quantitative estimate of drug-likeness (QED) is 0.472. The summed E-state index contributed by atoms with van der Waals surface area (Å²) in [5.41, 5.74) is 3.32. The molecule has 0 atom stereocenters. The average Bonchev–Trinajstić information content (AvgIpc) is 3.19. The van der Waals surface area contributed by atoms with Crippen molar-refractivity contribution in [1.82, 2.24) is 15.0 Å². The predicted octanol–water partition coefficient (Wildman–Crippen LogP) is 4.10. The number of rotatable bonds is 6. The van der Waals surface area contributed by atoms with Gasteiger partial charge in [0.05, 0.1) is 6.54 Å². The molecule has 1 heterocycles. The Morgan fingerprint density at radius 3 is 1.93 bits per heavy atom. The molecule has 0 saturated heterocycles. The summed E-state index contributed by atoms with van der Waals surface area (Å²) in [6.07, 6.45) is 0. The van der Waals surface area contributed by atoms with Gasteiger partial charge in [0.25, 0.3) is 0 Å². The Morgan fingerprint density at radius 2 is 1.31 bits per heavy atom. The molecule has 0 fully saturated rings. The summed E-state index contributed by atoms with van der Waals surface area (Å²) in [6.45, 7) is 2.36. The molecule has 0 radical (unpaired) electrons. The van der Waals surface area contributed by atoms with E-state index in [2.05, 4.69) is 10.3 Å². The lowest BCUT2D eigenvalue weighted by molar-refractivity contribution is 0.0995. The van der Waals surface area contributed by atoms with Crippen LogP contribution in [-0.4, -0.2) is 26.6 Å². The van der Waals surface area contributed by atoms with E-state index in [0.29, 0.717) is 17.7 Å². The summed E-state index contributed by atoms with van der Waals surface area (Å²) < 4.78 is 1.52. The summed E-state index contributed by atoms with van der Waals surface area (Å²) in [5.74, 6) is -0.593. The van der Waals surface area contributed by atoms with Crippen molar-refractivity contribution in [2.75, 3.05) is 0 Å². The van der Waals surface area contributed by atoms with Crippen molar-refractivity contribution in [1.29, 1.82) is 0 Å². The Kier molecular flexibility index (Phi) is 5.12. The highest BCUT2D eigenvalue weighted by Gasteiger charge is 2.27. The summed E-state index contributed by atoms with van der Waals surface area (Å²) in [4.78, 5) is 26.4. The van der Waals surface area contributed by atoms with E-state index in [1.165, 1.54) is 4.68 Å². The summed E-state index contributed by atoms with van der Waals surface area (Å²) in [5, 5.41) is 8.28. The maximum atomic E-state index is 13.3. The molecular weight excluding hydrogens is 362 g/mol. The van der Waals surface area contributed by atoms with E-state index in [0.717, 1.165) is 11.1 Å². The topological polar surface area (TPSA) is 64.8 Å². The van der Waals surface area contributed by atoms with Crippen LogP contribution in [0.4, 0.5) is 0 Å². The maximum Gasteiger partial charge on any atom is 0.215 e. The van der Waals surface area contributed by atoms with Gasteiger partial charge in [0.15, 0.2) is 5.69 Å². The van der Waals surface area contributed by atoms with Crippen molar-refractivity contribution in [3.8, 4) is 0 Å². The van der Waals surface area contributed by atoms with Crippen LogP contribution in [0.1, 0.15) is 43.2 Å². The van der Waals surface area contributed by atoms with Gasteiger partial charge in [-0.15, -0.1) is 5.10 Å². The molecule has 0 saturated carbocycles. The SMILES string of the molecule is Cc1ccccc1Cn1nnc(C(=O)c2ccccc2)c1C(=O)c1ccccc1. The van der Waals surface area contributed by atoms with Crippen LogP contribution < -0.4 is 0 Å². The van der Waals surface area contributed by atoms with Crippen molar-refractivity contribution < 1.29 is 9.59 Å². The minimum atomic E-state index is -0.319. The summed E-state index contributed by atoms with van der Waals surface area (Å²) >= 11 is 0. The zero-order chi connectivity index (χ0) is 20.2. The van der Waals surface area contributed by atoms with Crippen LogP contribution in [0.2, 0.25) is 0 Å². The smallest absolute Gasteiger partial charge is 0.215 e. The number of aryl methyl sites for hydroxylation is 1. The molecule has 29 heavy (non-hydrogen) atoms. The molecule has 0 bridgehead atoms. The van der Waals surface area contributed by atoms with Crippen molar-refractivity contribution in [3.05, 3.63) is 119 Å². The first kappa shape index (κ1) is 18.5. The monoisotopic (exact) mass is 381 g/mol. The van der Waals surface area contributed by atoms with Gasteiger partial charge < -0.3 is 0 Å². The highest BCUT2D eigenvalue weighted by Crippen LogP contribution is 2.19. The second-order valence-electron chi connectivity index (χ2n) is 6.76. The maximum absolute atomic E-state index is 13.3. The minimum absolute atomic E-state index is 0.0682. The fourth-order valence-electron chi connectivity index (χ4n) is 3.20. The van der Waals surface area contributed by atoms with Gasteiger partial charge in [-0.1, -0.05) is 90.1 Å². The number of ketones is 2. The van der Waals surface area contributed by atoms with Gasteiger partial charge in [-0.05, 0) is 18.1 Å². The van der Waals surface area contributed by atoms with Crippen LogP contribution in [0.15, 0.2) is 84.9 Å². The summed E-state index contributed by atoms with van der Waals surface area (Å²) in [7, 11) is 0. The Labute approximate surface area is 168 Å². The van der Waals surface area contributed by atoms with E-state index in [1.807, 2.05) is 43.3 Å². The molecule has 3 aromatic carbocycles. The fraction of sp³-hybridized carbons (Fsp3) is 0.0833. The average molecular weight is 381 g/mol. The zero-order valence-corrected chi connectivity index (χ0v) is 15.9. The minimum Gasteiger partial charge on any atom is -0.287 e. The molecule has 0 N–H and O–H groups in total. The number of carbonyl (C=O) groups is 2. The Hall–Kier alpha value is -3.86. The van der Waals surface area contributed by atoms with Gasteiger partial charge in [0.2, 0.25) is 11.6 Å². The Morgan fingerprint density at radius 1 is 0.759 bits per heavy atom. The van der Waals surface area contributed by atoms with Crippen molar-refractivity contribution in [2.45, 2.75) is 13.5 Å². The third kappa shape index (κ3) is 3.75. The molecule has 4 rings (SSSR count). The standard InChI is InChI=1S/C24H19N3O2/c1-17-10-8-9-15-20(17)16-27-22(24(29)19-13-6-3-7-14-19)21(25-26-27)23(28)18-11-4-2-5-12-18/h2-15H,16H2,1H3. The predicted molar refractivity (Wildman–Crippen MR) is 110 cm³/mol. The normalized spacial score (nSPS) is 10.7. The number of aromatic nitrogens is 3. The lowest BCUT2D eigenvalue weighted by atomic mass is 10.0. The number of hydrogen-bond donors (Lipinski definition) is 0. The van der Waals surface area contributed by atoms with Crippen LogP contribution in [0.3, 0.4) is 0 Å². The molecule has 5 heteroatoms. The van der Waals surface area contributed by atoms with Crippen LogP contribution in [0, 0.1) is 6.92 Å². The van der Waals surface area contributed by atoms with Gasteiger partial charge in [-0.3, -0.25) is 9.59 Å². The lowest BCUT2D eigenvalue weighted by Gasteiger charge is -2.09. The van der Waals surface area contributed by atoms with Crippen LogP contribution in [0.25, 0.3) is 0 Å². The van der Waals surface area contributed by atoms with Crippen LogP contribution in [-0.2, 0) is 6.54 Å². The van der Waals surface area contributed by atoms with E-state index in [4.69, 9.17) is 0 Å². The molecule has 0 spiro atoms. The van der Waals surface area contributed by atoms with Crippen molar-refractivity contribution >= 4 is 11.6 Å². The lowest BCUT2D eigenvalue weighted by Crippen LogP contribution is -2.17. The van der Waals surface area contributed by atoms with Crippen molar-refractivity contribution in [2.24, 2.45) is 0 Å². The number of carbonyl (C=O) groups excluding carboxylic acids is 2. The highest BCUT2D eigenvalue weighted by molar-refractivity contribution is 6.17. The molecule has 142 valence electrons. The van der Waals surface area contributed by atoms with E-state index in [9.17, 15) is 9.59 Å². The van der Waals surface area contributed by atoms with Gasteiger partial charge in [0, 0.05) is 11.1 Å².